The fourth-order valence-corrected chi connectivity index (χ4v) is 4.73. The van der Waals surface area contributed by atoms with Gasteiger partial charge in [0, 0.05) is 22.9 Å². The number of carboxylic acid groups (broad SMARTS) is 1. The molecule has 2 aliphatic rings. The number of aliphatic carboxylic acids is 1. The van der Waals surface area contributed by atoms with Gasteiger partial charge in [-0.05, 0) is 31.0 Å². The summed E-state index contributed by atoms with van der Waals surface area (Å²) in [6.07, 6.45) is -0.494. The second-order valence-electron chi connectivity index (χ2n) is 8.72. The minimum atomic E-state index is -1.88. The standard InChI is InChI=1S/C25H23N3O7.ClH/c1-2-25(35-23(32)17(26)7-8-20(29)30)16-10-19-21-14(9-13-5-3-4-6-18(13)27-21)11-28(19)22(31)15(16)12-34-24(25)33;/h3-6,9-10,17H,2,7-8,11-12,26H2,1H3,(H,29,30);1H/t17?,25-;/m0./s1. The van der Waals surface area contributed by atoms with Crippen LogP contribution in [0.15, 0.2) is 41.2 Å². The van der Waals surface area contributed by atoms with Gasteiger partial charge in [-0.25, -0.2) is 9.78 Å². The highest BCUT2D eigenvalue weighted by atomic mass is 35.5. The van der Waals surface area contributed by atoms with Gasteiger partial charge in [-0.2, -0.15) is 0 Å². The quantitative estimate of drug-likeness (QED) is 0.370. The van der Waals surface area contributed by atoms with Gasteiger partial charge in [0.1, 0.15) is 12.6 Å². The van der Waals surface area contributed by atoms with Crippen molar-refractivity contribution in [3.63, 3.8) is 0 Å². The van der Waals surface area contributed by atoms with Crippen LogP contribution in [0.3, 0.4) is 0 Å². The number of nitrogens with two attached hydrogens (primary N) is 1. The Balaban J connectivity index is 0.00000304. The van der Waals surface area contributed by atoms with Crippen molar-refractivity contribution in [3.8, 4) is 11.4 Å². The van der Waals surface area contributed by atoms with Crippen molar-refractivity contribution in [2.75, 3.05) is 0 Å². The van der Waals surface area contributed by atoms with E-state index >= 15 is 0 Å². The van der Waals surface area contributed by atoms with Gasteiger partial charge in [0.05, 0.1) is 29.0 Å². The normalized spacial score (nSPS) is 18.3. The minimum absolute atomic E-state index is 0. The summed E-state index contributed by atoms with van der Waals surface area (Å²) in [6, 6.07) is 10.0. The van der Waals surface area contributed by atoms with E-state index in [0.29, 0.717) is 17.9 Å². The Morgan fingerprint density at radius 3 is 2.75 bits per heavy atom. The molecule has 10 nitrogen and oxygen atoms in total. The van der Waals surface area contributed by atoms with Crippen molar-refractivity contribution < 1.29 is 29.0 Å². The molecule has 5 rings (SSSR count). The zero-order valence-corrected chi connectivity index (χ0v) is 20.2. The van der Waals surface area contributed by atoms with E-state index < -0.39 is 29.6 Å². The number of halogens is 1. The number of carboxylic acids is 1. The molecular formula is C25H24ClN3O7. The Bertz CT molecular complexity index is 1470. The maximum atomic E-state index is 13.5. The van der Waals surface area contributed by atoms with Crippen LogP contribution in [0.25, 0.3) is 22.3 Å². The van der Waals surface area contributed by atoms with Gasteiger partial charge in [0.2, 0.25) is 5.60 Å². The fraction of sp³-hybridized carbons (Fsp3) is 0.320. The Kier molecular flexibility index (Phi) is 6.59. The SMILES string of the molecule is CC[C@@]1(OC(=O)C(N)CCC(=O)O)C(=O)OCc2c1cc1n(c2=O)Cc2cc3ccccc3nc2-1.Cl. The molecule has 0 saturated carbocycles. The van der Waals surface area contributed by atoms with Crippen molar-refractivity contribution >= 4 is 41.2 Å². The second-order valence-corrected chi connectivity index (χ2v) is 8.72. The van der Waals surface area contributed by atoms with Gasteiger partial charge in [0.25, 0.3) is 5.56 Å². The molecule has 2 aromatic heterocycles. The first-order valence-electron chi connectivity index (χ1n) is 11.3. The largest absolute Gasteiger partial charge is 0.481 e. The van der Waals surface area contributed by atoms with Gasteiger partial charge in [-0.15, -0.1) is 12.4 Å². The molecular weight excluding hydrogens is 490 g/mol. The van der Waals surface area contributed by atoms with Crippen LogP contribution in [-0.2, 0) is 42.6 Å². The molecule has 188 valence electrons. The van der Waals surface area contributed by atoms with E-state index in [2.05, 4.69) is 0 Å². The summed E-state index contributed by atoms with van der Waals surface area (Å²) in [5, 5.41) is 9.82. The van der Waals surface area contributed by atoms with Crippen LogP contribution in [0.4, 0.5) is 0 Å². The number of aromatic nitrogens is 2. The number of carbonyl (C=O) groups excluding carboxylic acids is 2. The minimum Gasteiger partial charge on any atom is -0.481 e. The Morgan fingerprint density at radius 1 is 1.28 bits per heavy atom. The van der Waals surface area contributed by atoms with Crippen LogP contribution in [0.1, 0.15) is 42.9 Å². The molecule has 4 heterocycles. The molecule has 1 unspecified atom stereocenters. The smallest absolute Gasteiger partial charge is 0.355 e. The highest BCUT2D eigenvalue weighted by Gasteiger charge is 2.51. The number of carbonyl (C=O) groups is 3. The predicted molar refractivity (Wildman–Crippen MR) is 130 cm³/mol. The van der Waals surface area contributed by atoms with E-state index in [1.54, 1.807) is 17.6 Å². The van der Waals surface area contributed by atoms with Crippen molar-refractivity contribution in [1.29, 1.82) is 0 Å². The number of para-hydroxylation sites is 1. The Morgan fingerprint density at radius 2 is 2.03 bits per heavy atom. The average molecular weight is 514 g/mol. The van der Waals surface area contributed by atoms with Crippen LogP contribution in [-0.4, -0.2) is 38.6 Å². The lowest BCUT2D eigenvalue weighted by Gasteiger charge is -2.36. The van der Waals surface area contributed by atoms with Crippen LogP contribution in [0.5, 0.6) is 0 Å². The third kappa shape index (κ3) is 3.92. The Hall–Kier alpha value is -3.76. The van der Waals surface area contributed by atoms with Gasteiger partial charge in [-0.3, -0.25) is 14.4 Å². The van der Waals surface area contributed by atoms with Crippen molar-refractivity contribution in [3.05, 3.63) is 63.4 Å². The van der Waals surface area contributed by atoms with E-state index in [9.17, 15) is 19.2 Å². The number of rotatable bonds is 6. The molecule has 3 aromatic rings. The van der Waals surface area contributed by atoms with Crippen molar-refractivity contribution in [2.24, 2.45) is 5.73 Å². The first kappa shape index (κ1) is 25.3. The lowest BCUT2D eigenvalue weighted by Crippen LogP contribution is -2.49. The number of pyridine rings is 2. The summed E-state index contributed by atoms with van der Waals surface area (Å²) in [7, 11) is 0. The number of ether oxygens (including phenoxy) is 2. The van der Waals surface area contributed by atoms with Crippen LogP contribution in [0, 0.1) is 0 Å². The topological polar surface area (TPSA) is 151 Å². The van der Waals surface area contributed by atoms with Crippen LogP contribution >= 0.6 is 12.4 Å². The van der Waals surface area contributed by atoms with Crippen molar-refractivity contribution in [2.45, 2.75) is 51.0 Å². The third-order valence-electron chi connectivity index (χ3n) is 6.63. The first-order chi connectivity index (χ1) is 16.7. The molecule has 2 aliphatic heterocycles. The Labute approximate surface area is 211 Å². The summed E-state index contributed by atoms with van der Waals surface area (Å²) in [5.74, 6) is -2.86. The monoisotopic (exact) mass is 513 g/mol. The van der Waals surface area contributed by atoms with E-state index in [4.69, 9.17) is 25.3 Å². The van der Waals surface area contributed by atoms with Crippen LogP contribution in [0.2, 0.25) is 0 Å². The molecule has 11 heteroatoms. The molecule has 36 heavy (non-hydrogen) atoms. The van der Waals surface area contributed by atoms with E-state index in [1.165, 1.54) is 0 Å². The maximum absolute atomic E-state index is 13.5. The molecule has 0 aliphatic carbocycles. The van der Waals surface area contributed by atoms with Crippen LogP contribution < -0.4 is 11.3 Å². The highest BCUT2D eigenvalue weighted by Crippen LogP contribution is 2.41. The molecule has 0 saturated heterocycles. The highest BCUT2D eigenvalue weighted by molar-refractivity contribution is 5.89. The van der Waals surface area contributed by atoms with Gasteiger partial charge < -0.3 is 24.9 Å². The zero-order valence-electron chi connectivity index (χ0n) is 19.4. The van der Waals surface area contributed by atoms with E-state index in [1.807, 2.05) is 30.3 Å². The summed E-state index contributed by atoms with van der Waals surface area (Å²) < 4.78 is 12.5. The first-order valence-corrected chi connectivity index (χ1v) is 11.3. The lowest BCUT2D eigenvalue weighted by molar-refractivity contribution is -0.190. The number of cyclic esters (lactones) is 1. The lowest BCUT2D eigenvalue weighted by atomic mass is 9.85. The van der Waals surface area contributed by atoms with Gasteiger partial charge in [0.15, 0.2) is 0 Å². The van der Waals surface area contributed by atoms with Gasteiger partial charge >= 0.3 is 17.9 Å². The van der Waals surface area contributed by atoms with E-state index in [0.717, 1.165) is 16.5 Å². The number of hydrogen-bond acceptors (Lipinski definition) is 8. The maximum Gasteiger partial charge on any atom is 0.355 e. The number of nitrogens with zero attached hydrogens (tertiary/aromatic N) is 2. The summed E-state index contributed by atoms with van der Waals surface area (Å²) in [4.78, 5) is 54.9. The number of hydrogen-bond donors (Lipinski definition) is 2. The molecule has 0 radical (unpaired) electrons. The molecule has 0 bridgehead atoms. The molecule has 1 aromatic carbocycles. The number of esters is 2. The summed E-state index contributed by atoms with van der Waals surface area (Å²) >= 11 is 0. The molecule has 2 atom stereocenters. The average Bonchev–Trinajstić information content (AvgIpc) is 3.20. The third-order valence-corrected chi connectivity index (χ3v) is 6.63. The zero-order chi connectivity index (χ0) is 24.9. The summed E-state index contributed by atoms with van der Waals surface area (Å²) in [5.41, 5.74) is 6.85. The predicted octanol–water partition coefficient (Wildman–Crippen LogP) is 2.24. The molecule has 3 N–H and O–H groups in total. The van der Waals surface area contributed by atoms with E-state index in [-0.39, 0.29) is 55.0 Å². The molecule has 0 amide bonds. The summed E-state index contributed by atoms with van der Waals surface area (Å²) in [6.45, 7) is 1.71. The fourth-order valence-electron chi connectivity index (χ4n) is 4.73. The molecule has 0 spiro atoms. The van der Waals surface area contributed by atoms with Gasteiger partial charge in [-0.1, -0.05) is 25.1 Å². The number of fused-ring (bicyclic) bond motifs is 5. The second kappa shape index (κ2) is 9.36. The van der Waals surface area contributed by atoms with Crippen molar-refractivity contribution in [1.82, 2.24) is 9.55 Å². The molecule has 0 fully saturated rings. The number of benzene rings is 1.